The molecule has 0 saturated heterocycles. The van der Waals surface area contributed by atoms with E-state index in [4.69, 9.17) is 0 Å². The summed E-state index contributed by atoms with van der Waals surface area (Å²) in [5, 5.41) is 7.45. The van der Waals surface area contributed by atoms with Gasteiger partial charge in [-0.3, -0.25) is 4.98 Å². The Labute approximate surface area is 145 Å². The average Bonchev–Trinajstić information content (AvgIpc) is 3.05. The van der Waals surface area contributed by atoms with Crippen molar-refractivity contribution in [3.05, 3.63) is 78.8 Å². The number of rotatable bonds is 5. The van der Waals surface area contributed by atoms with Gasteiger partial charge in [-0.1, -0.05) is 30.4 Å². The van der Waals surface area contributed by atoms with Gasteiger partial charge in [0.2, 0.25) is 0 Å². The van der Waals surface area contributed by atoms with E-state index in [0.717, 1.165) is 11.7 Å². The molecule has 0 spiro atoms. The minimum atomic E-state index is -0.449. The summed E-state index contributed by atoms with van der Waals surface area (Å²) in [6.07, 6.45) is 10.2. The van der Waals surface area contributed by atoms with E-state index in [-0.39, 0.29) is 0 Å². The van der Waals surface area contributed by atoms with E-state index >= 15 is 0 Å². The van der Waals surface area contributed by atoms with Crippen LogP contribution < -0.4 is 5.32 Å². The summed E-state index contributed by atoms with van der Waals surface area (Å²) in [6.45, 7) is 8.04. The van der Waals surface area contributed by atoms with Crippen LogP contribution in [0.1, 0.15) is 19.7 Å². The highest BCUT2D eigenvalue weighted by Crippen LogP contribution is 2.23. The number of anilines is 2. The minimum absolute atomic E-state index is 0.299. The van der Waals surface area contributed by atoms with Crippen molar-refractivity contribution in [2.24, 2.45) is 0 Å². The standard InChI is InChI=1S/C19H18FN5/c1-13(2)6-4-7-14(3)18-23-19(17-8-5-11-25(17)24-18)22-16-9-10-21-12-15(16)20/h4-12H,3H2,1-2H3,(H,21,22,23,24)/b7-4-. The molecule has 0 aliphatic carbocycles. The van der Waals surface area contributed by atoms with Crippen LogP contribution in [0.3, 0.4) is 0 Å². The zero-order valence-electron chi connectivity index (χ0n) is 14.1. The zero-order valence-corrected chi connectivity index (χ0v) is 14.1. The lowest BCUT2D eigenvalue weighted by Crippen LogP contribution is -2.05. The number of aromatic nitrogens is 4. The van der Waals surface area contributed by atoms with E-state index in [0.29, 0.717) is 22.9 Å². The van der Waals surface area contributed by atoms with Gasteiger partial charge in [0, 0.05) is 18.0 Å². The van der Waals surface area contributed by atoms with Crippen LogP contribution in [0.5, 0.6) is 0 Å². The molecule has 0 saturated carbocycles. The number of hydrogen-bond donors (Lipinski definition) is 1. The van der Waals surface area contributed by atoms with Crippen molar-refractivity contribution in [3.63, 3.8) is 0 Å². The predicted octanol–water partition coefficient (Wildman–Crippen LogP) is 4.54. The van der Waals surface area contributed by atoms with Gasteiger partial charge in [-0.05, 0) is 32.0 Å². The van der Waals surface area contributed by atoms with Crippen molar-refractivity contribution in [2.45, 2.75) is 13.8 Å². The van der Waals surface area contributed by atoms with Crippen LogP contribution in [0.4, 0.5) is 15.9 Å². The van der Waals surface area contributed by atoms with Crippen LogP contribution >= 0.6 is 0 Å². The summed E-state index contributed by atoms with van der Waals surface area (Å²) < 4.78 is 15.6. The number of nitrogens with one attached hydrogen (secondary N) is 1. The molecule has 0 amide bonds. The third kappa shape index (κ3) is 3.80. The molecule has 0 bridgehead atoms. The minimum Gasteiger partial charge on any atom is -0.336 e. The number of pyridine rings is 1. The number of nitrogens with zero attached hydrogens (tertiary/aromatic N) is 4. The third-order valence-corrected chi connectivity index (χ3v) is 3.43. The Bertz CT molecular complexity index is 980. The van der Waals surface area contributed by atoms with Crippen LogP contribution in [-0.2, 0) is 0 Å². The van der Waals surface area contributed by atoms with Crippen molar-refractivity contribution in [1.82, 2.24) is 19.6 Å². The van der Waals surface area contributed by atoms with Gasteiger partial charge in [-0.2, -0.15) is 0 Å². The molecule has 5 nitrogen and oxygen atoms in total. The topological polar surface area (TPSA) is 55.1 Å². The lowest BCUT2D eigenvalue weighted by atomic mass is 10.2. The molecule has 0 aromatic carbocycles. The molecule has 0 radical (unpaired) electrons. The summed E-state index contributed by atoms with van der Waals surface area (Å²) >= 11 is 0. The van der Waals surface area contributed by atoms with Gasteiger partial charge in [0.25, 0.3) is 0 Å². The van der Waals surface area contributed by atoms with Crippen molar-refractivity contribution < 1.29 is 4.39 Å². The van der Waals surface area contributed by atoms with Crippen molar-refractivity contribution in [1.29, 1.82) is 0 Å². The normalized spacial score (nSPS) is 11.0. The summed E-state index contributed by atoms with van der Waals surface area (Å²) in [5.74, 6) is 0.505. The second-order valence-electron chi connectivity index (χ2n) is 5.73. The molecule has 0 atom stereocenters. The molecule has 3 heterocycles. The molecule has 0 fully saturated rings. The molecule has 0 unspecified atom stereocenters. The van der Waals surface area contributed by atoms with Gasteiger partial charge < -0.3 is 5.32 Å². The number of hydrogen-bond acceptors (Lipinski definition) is 4. The third-order valence-electron chi connectivity index (χ3n) is 3.43. The van der Waals surface area contributed by atoms with Crippen LogP contribution in [-0.4, -0.2) is 19.6 Å². The van der Waals surface area contributed by atoms with E-state index < -0.39 is 5.82 Å². The maximum absolute atomic E-state index is 13.9. The Morgan fingerprint density at radius 3 is 2.92 bits per heavy atom. The maximum atomic E-state index is 13.9. The highest BCUT2D eigenvalue weighted by Gasteiger charge is 2.11. The fourth-order valence-electron chi connectivity index (χ4n) is 2.20. The van der Waals surface area contributed by atoms with E-state index in [9.17, 15) is 4.39 Å². The van der Waals surface area contributed by atoms with Gasteiger partial charge >= 0.3 is 0 Å². The van der Waals surface area contributed by atoms with Crippen LogP contribution in [0.25, 0.3) is 11.1 Å². The highest BCUT2D eigenvalue weighted by atomic mass is 19.1. The van der Waals surface area contributed by atoms with E-state index in [1.807, 2.05) is 50.4 Å². The molecule has 3 rings (SSSR count). The Hall–Kier alpha value is -3.28. The van der Waals surface area contributed by atoms with E-state index in [2.05, 4.69) is 27.0 Å². The molecule has 3 aromatic heterocycles. The molecule has 25 heavy (non-hydrogen) atoms. The quantitative estimate of drug-likeness (QED) is 0.695. The number of fused-ring (bicyclic) bond motifs is 1. The van der Waals surface area contributed by atoms with Gasteiger partial charge in [0.15, 0.2) is 17.5 Å². The van der Waals surface area contributed by atoms with Gasteiger partial charge in [-0.15, -0.1) is 5.10 Å². The number of allylic oxidation sites excluding steroid dienone is 5. The molecule has 1 N–H and O–H groups in total. The summed E-state index contributed by atoms with van der Waals surface area (Å²) in [6, 6.07) is 5.26. The maximum Gasteiger partial charge on any atom is 0.181 e. The monoisotopic (exact) mass is 335 g/mol. The summed E-state index contributed by atoms with van der Waals surface area (Å²) in [7, 11) is 0. The Morgan fingerprint density at radius 1 is 1.32 bits per heavy atom. The molecule has 0 aliphatic rings. The van der Waals surface area contributed by atoms with Gasteiger partial charge in [-0.25, -0.2) is 13.9 Å². The first kappa shape index (κ1) is 16.6. The second kappa shape index (κ2) is 7.09. The van der Waals surface area contributed by atoms with E-state index in [1.165, 1.54) is 11.8 Å². The molecule has 0 aliphatic heterocycles. The summed E-state index contributed by atoms with van der Waals surface area (Å²) in [5.41, 5.74) is 2.88. The largest absolute Gasteiger partial charge is 0.336 e. The lowest BCUT2D eigenvalue weighted by molar-refractivity contribution is 0.625. The highest BCUT2D eigenvalue weighted by molar-refractivity contribution is 5.76. The Morgan fingerprint density at radius 2 is 2.16 bits per heavy atom. The molecular formula is C19H18FN5. The van der Waals surface area contributed by atoms with Crippen LogP contribution in [0.15, 0.2) is 67.2 Å². The van der Waals surface area contributed by atoms with Crippen molar-refractivity contribution >= 4 is 22.6 Å². The first-order valence-corrected chi connectivity index (χ1v) is 7.77. The van der Waals surface area contributed by atoms with Crippen molar-refractivity contribution in [3.8, 4) is 0 Å². The Balaban J connectivity index is 1.99. The first-order chi connectivity index (χ1) is 12.0. The second-order valence-corrected chi connectivity index (χ2v) is 5.73. The summed E-state index contributed by atoms with van der Waals surface area (Å²) in [4.78, 5) is 8.26. The van der Waals surface area contributed by atoms with E-state index in [1.54, 1.807) is 10.6 Å². The molecule has 6 heteroatoms. The van der Waals surface area contributed by atoms with Gasteiger partial charge in [0.1, 0.15) is 5.52 Å². The fourth-order valence-corrected chi connectivity index (χ4v) is 2.20. The van der Waals surface area contributed by atoms with Crippen LogP contribution in [0.2, 0.25) is 0 Å². The smallest absolute Gasteiger partial charge is 0.181 e. The average molecular weight is 335 g/mol. The fraction of sp³-hybridized carbons (Fsp3) is 0.105. The zero-order chi connectivity index (χ0) is 17.8. The predicted molar refractivity (Wildman–Crippen MR) is 98.1 cm³/mol. The van der Waals surface area contributed by atoms with Gasteiger partial charge in [0.05, 0.1) is 11.9 Å². The van der Waals surface area contributed by atoms with Crippen LogP contribution in [0, 0.1) is 5.82 Å². The van der Waals surface area contributed by atoms with Crippen molar-refractivity contribution in [2.75, 3.05) is 5.32 Å². The molecule has 126 valence electrons. The number of halogens is 1. The SMILES string of the molecule is C=C(/C=C\C=C(C)C)c1nc(Nc2ccncc2F)c2cccn2n1. The Kier molecular flexibility index (Phi) is 4.70. The molecule has 3 aromatic rings. The lowest BCUT2D eigenvalue weighted by Gasteiger charge is -2.10. The first-order valence-electron chi connectivity index (χ1n) is 7.77. The molecular weight excluding hydrogens is 317 g/mol.